The number of benzene rings is 3. The molecule has 5 nitrogen and oxygen atoms in total. The third kappa shape index (κ3) is 3.44. The van der Waals surface area contributed by atoms with E-state index >= 15 is 0 Å². The van der Waals surface area contributed by atoms with Crippen LogP contribution in [0.3, 0.4) is 0 Å². The summed E-state index contributed by atoms with van der Waals surface area (Å²) in [6, 6.07) is 19.2. The van der Waals surface area contributed by atoms with E-state index in [-0.39, 0.29) is 17.0 Å². The first kappa shape index (κ1) is 21.4. The van der Waals surface area contributed by atoms with Gasteiger partial charge in [0, 0.05) is 19.4 Å². The van der Waals surface area contributed by atoms with Crippen molar-refractivity contribution in [2.75, 3.05) is 7.05 Å². The lowest BCUT2D eigenvalue weighted by Gasteiger charge is -2.41. The van der Waals surface area contributed by atoms with Crippen LogP contribution in [0.15, 0.2) is 65.7 Å². The van der Waals surface area contributed by atoms with Gasteiger partial charge in [0.25, 0.3) is 0 Å². The second-order valence-electron chi connectivity index (χ2n) is 9.24. The van der Waals surface area contributed by atoms with E-state index in [2.05, 4.69) is 24.3 Å². The molecular formula is C27H25ClFN3O2. The first-order valence-corrected chi connectivity index (χ1v) is 11.9. The molecule has 3 aliphatic rings. The molecule has 0 saturated carbocycles. The molecule has 0 aromatic heterocycles. The third-order valence-electron chi connectivity index (χ3n) is 7.18. The summed E-state index contributed by atoms with van der Waals surface area (Å²) in [5, 5.41) is 1.60. The number of nitrogens with zero attached hydrogens (tertiary/aromatic N) is 2. The molecule has 3 atom stereocenters. The Balaban J connectivity index is 1.44. The Labute approximate surface area is 202 Å². The maximum Gasteiger partial charge on any atom is 0.221 e. The highest BCUT2D eigenvalue weighted by Crippen LogP contribution is 2.51. The van der Waals surface area contributed by atoms with Gasteiger partial charge in [-0.25, -0.2) is 19.3 Å². The average molecular weight is 478 g/mol. The molecule has 0 bridgehead atoms. The van der Waals surface area contributed by atoms with Crippen LogP contribution in [0.2, 0.25) is 5.02 Å². The largest absolute Gasteiger partial charge is 0.489 e. The number of halogens is 2. The van der Waals surface area contributed by atoms with Crippen LogP contribution in [0.1, 0.15) is 41.9 Å². The highest BCUT2D eigenvalue weighted by Gasteiger charge is 2.50. The first-order chi connectivity index (χ1) is 16.4. The molecule has 7 heteroatoms. The number of hydroxylamine groups is 2. The van der Waals surface area contributed by atoms with Crippen molar-refractivity contribution in [3.63, 3.8) is 0 Å². The predicted octanol–water partition coefficient (Wildman–Crippen LogP) is 5.76. The van der Waals surface area contributed by atoms with Crippen molar-refractivity contribution in [3.8, 4) is 16.9 Å². The molecule has 6 rings (SSSR count). The SMILES string of the molecule is CN1O[C@@]2(CC([C@H]3CCCc4ccccc43)Oc3ccc(-c4ccc(F)c(Cl)c4)cc32)N=C1N. The number of guanidine groups is 1. The minimum atomic E-state index is -0.983. The van der Waals surface area contributed by atoms with Crippen molar-refractivity contribution >= 4 is 17.6 Å². The smallest absolute Gasteiger partial charge is 0.221 e. The van der Waals surface area contributed by atoms with Crippen LogP contribution in [0.25, 0.3) is 11.1 Å². The summed E-state index contributed by atoms with van der Waals surface area (Å²) in [7, 11) is 1.76. The van der Waals surface area contributed by atoms with E-state index in [1.165, 1.54) is 22.3 Å². The fraction of sp³-hybridized carbons (Fsp3) is 0.296. The van der Waals surface area contributed by atoms with Crippen LogP contribution < -0.4 is 10.5 Å². The fourth-order valence-electron chi connectivity index (χ4n) is 5.52. The number of nitrogens with two attached hydrogens (primary N) is 1. The van der Waals surface area contributed by atoms with Gasteiger partial charge in [-0.05, 0) is 65.8 Å². The molecule has 174 valence electrons. The Morgan fingerprint density at radius 1 is 1.12 bits per heavy atom. The number of aliphatic imine (C=N–C) groups is 1. The van der Waals surface area contributed by atoms with Crippen molar-refractivity contribution in [1.29, 1.82) is 0 Å². The van der Waals surface area contributed by atoms with E-state index in [4.69, 9.17) is 31.9 Å². The zero-order valence-electron chi connectivity index (χ0n) is 18.8. The van der Waals surface area contributed by atoms with Gasteiger partial charge >= 0.3 is 0 Å². The van der Waals surface area contributed by atoms with Gasteiger partial charge in [-0.2, -0.15) is 0 Å². The van der Waals surface area contributed by atoms with Crippen molar-refractivity contribution in [2.45, 2.75) is 43.4 Å². The number of hydrogen-bond acceptors (Lipinski definition) is 5. The van der Waals surface area contributed by atoms with Gasteiger partial charge in [-0.3, -0.25) is 0 Å². The molecule has 0 radical (unpaired) electrons. The van der Waals surface area contributed by atoms with E-state index < -0.39 is 11.5 Å². The third-order valence-corrected chi connectivity index (χ3v) is 7.47. The van der Waals surface area contributed by atoms with Crippen LogP contribution in [-0.4, -0.2) is 24.2 Å². The van der Waals surface area contributed by atoms with E-state index in [9.17, 15) is 4.39 Å². The molecule has 0 fully saturated rings. The number of ether oxygens (including phenoxy) is 1. The summed E-state index contributed by atoms with van der Waals surface area (Å²) in [5.41, 5.74) is 10.4. The lowest BCUT2D eigenvalue weighted by atomic mass is 9.76. The molecule has 2 heterocycles. The van der Waals surface area contributed by atoms with Gasteiger partial charge in [-0.1, -0.05) is 48.0 Å². The second kappa shape index (κ2) is 8.00. The second-order valence-corrected chi connectivity index (χ2v) is 9.65. The Bertz CT molecular complexity index is 1310. The fourth-order valence-corrected chi connectivity index (χ4v) is 5.70. The molecule has 3 aromatic carbocycles. The molecule has 2 aliphatic heterocycles. The van der Waals surface area contributed by atoms with Crippen LogP contribution in [0.4, 0.5) is 4.39 Å². The normalized spacial score (nSPS) is 25.5. The summed E-state index contributed by atoms with van der Waals surface area (Å²) in [6.45, 7) is 0. The van der Waals surface area contributed by atoms with Crippen LogP contribution >= 0.6 is 11.6 Å². The van der Waals surface area contributed by atoms with Gasteiger partial charge in [0.05, 0.1) is 10.6 Å². The van der Waals surface area contributed by atoms with Crippen LogP contribution in [0, 0.1) is 5.82 Å². The quantitative estimate of drug-likeness (QED) is 0.509. The standard InChI is InChI=1S/C27H25ClFN3O2/c1-32-26(30)31-27(34-32)15-25(20-8-4-6-16-5-2-3-7-19(16)20)33-24-12-10-17(13-21(24)27)18-9-11-23(29)22(28)14-18/h2-3,5,7,9-14,20,25H,4,6,8,15H2,1H3,(H2,30,31)/t20-,25?,27+/m0/s1. The van der Waals surface area contributed by atoms with E-state index in [1.54, 1.807) is 19.2 Å². The van der Waals surface area contributed by atoms with Gasteiger partial charge in [0.1, 0.15) is 17.7 Å². The maximum atomic E-state index is 13.7. The lowest BCUT2D eigenvalue weighted by molar-refractivity contribution is -0.192. The van der Waals surface area contributed by atoms with E-state index in [0.29, 0.717) is 12.4 Å². The van der Waals surface area contributed by atoms with Crippen molar-refractivity contribution in [3.05, 3.63) is 88.2 Å². The topological polar surface area (TPSA) is 60.1 Å². The molecule has 0 amide bonds. The van der Waals surface area contributed by atoms with E-state index in [0.717, 1.165) is 41.7 Å². The predicted molar refractivity (Wildman–Crippen MR) is 130 cm³/mol. The van der Waals surface area contributed by atoms with Crippen molar-refractivity contribution in [2.24, 2.45) is 10.7 Å². The van der Waals surface area contributed by atoms with Crippen LogP contribution in [0.5, 0.6) is 5.75 Å². The summed E-state index contributed by atoms with van der Waals surface area (Å²) in [4.78, 5) is 11.1. The first-order valence-electron chi connectivity index (χ1n) is 11.6. The molecule has 2 N–H and O–H groups in total. The van der Waals surface area contributed by atoms with Gasteiger partial charge < -0.3 is 10.5 Å². The number of rotatable bonds is 2. The summed E-state index contributed by atoms with van der Waals surface area (Å²) in [6.07, 6.45) is 3.70. The minimum Gasteiger partial charge on any atom is -0.489 e. The Kier molecular flexibility index (Phi) is 5.04. The summed E-state index contributed by atoms with van der Waals surface area (Å²) in [5.74, 6) is 0.849. The van der Waals surface area contributed by atoms with Gasteiger partial charge in [0.2, 0.25) is 11.7 Å². The molecule has 3 aromatic rings. The van der Waals surface area contributed by atoms with Gasteiger partial charge in [0.15, 0.2) is 0 Å². The zero-order chi connectivity index (χ0) is 23.4. The minimum absolute atomic E-state index is 0.0799. The zero-order valence-corrected chi connectivity index (χ0v) is 19.6. The molecular weight excluding hydrogens is 453 g/mol. The molecule has 0 saturated heterocycles. The molecule has 1 unspecified atom stereocenters. The Hall–Kier alpha value is -3.09. The maximum absolute atomic E-state index is 13.7. The average Bonchev–Trinajstić information content (AvgIpc) is 3.13. The molecule has 1 aliphatic carbocycles. The van der Waals surface area contributed by atoms with Crippen LogP contribution in [-0.2, 0) is 17.0 Å². The number of aryl methyl sites for hydroxylation is 1. The highest BCUT2D eigenvalue weighted by molar-refractivity contribution is 6.31. The van der Waals surface area contributed by atoms with Crippen molar-refractivity contribution in [1.82, 2.24) is 5.06 Å². The number of hydrogen-bond donors (Lipinski definition) is 1. The highest BCUT2D eigenvalue weighted by atomic mass is 35.5. The Morgan fingerprint density at radius 2 is 1.91 bits per heavy atom. The molecule has 1 spiro atoms. The monoisotopic (exact) mass is 477 g/mol. The number of fused-ring (bicyclic) bond motifs is 3. The summed E-state index contributed by atoms with van der Waals surface area (Å²) < 4.78 is 20.4. The molecule has 34 heavy (non-hydrogen) atoms. The van der Waals surface area contributed by atoms with Crippen molar-refractivity contribution < 1.29 is 14.0 Å². The Morgan fingerprint density at radius 3 is 2.71 bits per heavy atom. The summed E-state index contributed by atoms with van der Waals surface area (Å²) >= 11 is 6.04. The van der Waals surface area contributed by atoms with Gasteiger partial charge in [-0.15, -0.1) is 0 Å². The van der Waals surface area contributed by atoms with E-state index in [1.807, 2.05) is 18.2 Å². The lowest BCUT2D eigenvalue weighted by Crippen LogP contribution is -2.42.